The quantitative estimate of drug-likeness (QED) is 0.0733. The van der Waals surface area contributed by atoms with E-state index in [1.165, 1.54) is 31.4 Å². The first-order valence-electron chi connectivity index (χ1n) is 14.1. The van der Waals surface area contributed by atoms with Crippen molar-refractivity contribution >= 4 is 32.2 Å². The smallest absolute Gasteiger partial charge is 0.399 e. The molecule has 0 aliphatic carbocycles. The highest BCUT2D eigenvalue weighted by molar-refractivity contribution is 7.52. The topological polar surface area (TPSA) is 150 Å². The number of alkyl halides is 2. The number of hydrogen-bond donors (Lipinski definition) is 2. The average molecular weight is 708 g/mol. The molecule has 5 aromatic rings. The summed E-state index contributed by atoms with van der Waals surface area (Å²) in [4.78, 5) is 30.7. The van der Waals surface area contributed by atoms with Crippen LogP contribution in [0.2, 0.25) is 0 Å². The lowest BCUT2D eigenvalue weighted by molar-refractivity contribution is -0.0881. The van der Waals surface area contributed by atoms with Crippen LogP contribution in [-0.4, -0.2) is 37.9 Å². The monoisotopic (exact) mass is 707 g/mol. The van der Waals surface area contributed by atoms with Crippen molar-refractivity contribution in [1.29, 1.82) is 0 Å². The van der Waals surface area contributed by atoms with Gasteiger partial charge in [0, 0.05) is 18.4 Å². The lowest BCUT2D eigenvalue weighted by Crippen LogP contribution is -2.40. The second kappa shape index (κ2) is 13.7. The van der Waals surface area contributed by atoms with Crippen LogP contribution in [0.1, 0.15) is 38.2 Å². The molecule has 11 nitrogen and oxygen atoms in total. The van der Waals surface area contributed by atoms with Gasteiger partial charge >= 0.3 is 26.8 Å². The maximum atomic E-state index is 14.5. The van der Waals surface area contributed by atoms with Crippen LogP contribution in [0, 0.1) is 0 Å². The van der Waals surface area contributed by atoms with Gasteiger partial charge in [-0.2, -0.15) is 8.78 Å². The standard InChI is InChI=1S/C31H27F4N3O8P2/c1-44-29(39)24-12-16-25(17-13-24)30(38-28-5-3-2-4-27(28)36-37-38,18-21-6-8-23(9-7-21)20-47(40,45-34)46-35)19-22-10-14-26(15-11-22)31(32,33)48(41,42)43/h2-17H,18-20H2,1H3,(H2,41,42,43). The van der Waals surface area contributed by atoms with Crippen LogP contribution in [0.4, 0.5) is 17.8 Å². The van der Waals surface area contributed by atoms with E-state index in [9.17, 15) is 41.5 Å². The number of esters is 1. The fourth-order valence-corrected chi connectivity index (χ4v) is 6.73. The van der Waals surface area contributed by atoms with E-state index in [4.69, 9.17) is 4.74 Å². The van der Waals surface area contributed by atoms with E-state index in [0.29, 0.717) is 27.7 Å². The minimum Gasteiger partial charge on any atom is -0.465 e. The van der Waals surface area contributed by atoms with E-state index < -0.39 is 44.1 Å². The minimum absolute atomic E-state index is 0.0576. The molecule has 2 N–H and O–H groups in total. The molecule has 0 amide bonds. The first kappa shape index (κ1) is 35.1. The lowest BCUT2D eigenvalue weighted by atomic mass is 9.78. The highest BCUT2D eigenvalue weighted by Crippen LogP contribution is 2.59. The maximum absolute atomic E-state index is 14.5. The molecule has 0 bridgehead atoms. The van der Waals surface area contributed by atoms with E-state index in [0.717, 1.165) is 12.1 Å². The summed E-state index contributed by atoms with van der Waals surface area (Å²) in [5, 5.41) is 8.81. The number of fused-ring (bicyclic) bond motifs is 1. The molecule has 0 spiro atoms. The van der Waals surface area contributed by atoms with Crippen molar-refractivity contribution in [3.8, 4) is 0 Å². The zero-order valence-corrected chi connectivity index (χ0v) is 26.7. The molecule has 0 fully saturated rings. The Morgan fingerprint density at radius 3 is 1.85 bits per heavy atom. The second-order valence-electron chi connectivity index (χ2n) is 10.9. The van der Waals surface area contributed by atoms with Gasteiger partial charge in [-0.1, -0.05) is 78.0 Å². The fourth-order valence-electron chi connectivity index (χ4n) is 5.47. The number of halogens is 4. The summed E-state index contributed by atoms with van der Waals surface area (Å²) in [5.74, 6) is -0.581. The molecule has 1 unspecified atom stereocenters. The summed E-state index contributed by atoms with van der Waals surface area (Å²) in [6.45, 7) is 0. The Kier molecular flexibility index (Phi) is 10.0. The highest BCUT2D eigenvalue weighted by atomic mass is 31.2. The van der Waals surface area contributed by atoms with E-state index in [1.807, 2.05) is 0 Å². The van der Waals surface area contributed by atoms with E-state index in [2.05, 4.69) is 19.8 Å². The minimum atomic E-state index is -5.81. The molecule has 0 radical (unpaired) electrons. The van der Waals surface area contributed by atoms with Gasteiger partial charge in [0.15, 0.2) is 0 Å². The summed E-state index contributed by atoms with van der Waals surface area (Å²) in [6.07, 6.45) is -0.503. The second-order valence-corrected chi connectivity index (χ2v) is 14.4. The van der Waals surface area contributed by atoms with Gasteiger partial charge in [-0.05, 0) is 55.6 Å². The Morgan fingerprint density at radius 1 is 0.792 bits per heavy atom. The molecule has 4 aromatic carbocycles. The first-order chi connectivity index (χ1) is 22.7. The number of ether oxygens (including phenoxy) is 1. The fraction of sp³-hybridized carbons (Fsp3) is 0.194. The van der Waals surface area contributed by atoms with Gasteiger partial charge in [-0.25, -0.2) is 9.48 Å². The Morgan fingerprint density at radius 2 is 1.31 bits per heavy atom. The summed E-state index contributed by atoms with van der Waals surface area (Å²) in [6, 6.07) is 24.3. The Balaban J connectivity index is 1.67. The molecule has 17 heteroatoms. The molecule has 1 aromatic heterocycles. The number of methoxy groups -OCH3 is 1. The molecular formula is C31H27F4N3O8P2. The van der Waals surface area contributed by atoms with E-state index in [1.54, 1.807) is 65.3 Å². The van der Waals surface area contributed by atoms with Crippen LogP contribution in [-0.2, 0) is 53.5 Å². The van der Waals surface area contributed by atoms with Crippen molar-refractivity contribution in [3.05, 3.63) is 130 Å². The van der Waals surface area contributed by atoms with Crippen LogP contribution in [0.15, 0.2) is 97.1 Å². The molecule has 0 saturated heterocycles. The van der Waals surface area contributed by atoms with Crippen LogP contribution in [0.5, 0.6) is 0 Å². The number of carbonyl (C=O) groups is 1. The SMILES string of the molecule is COC(=O)c1ccc(C(Cc2ccc(CP(=O)(OF)OF)cc2)(Cc2ccc(C(F)(F)P(=O)(O)O)cc2)n2nnc3ccccc32)cc1. The van der Waals surface area contributed by atoms with Gasteiger partial charge in [-0.15, -0.1) is 14.6 Å². The number of para-hydroxylation sites is 1. The summed E-state index contributed by atoms with van der Waals surface area (Å²) < 4.78 is 90.8. The van der Waals surface area contributed by atoms with Crippen LogP contribution in [0.25, 0.3) is 11.0 Å². The normalized spacial score (nSPS) is 13.7. The number of hydrogen-bond acceptors (Lipinski definition) is 8. The van der Waals surface area contributed by atoms with Gasteiger partial charge < -0.3 is 14.5 Å². The lowest BCUT2D eigenvalue weighted by Gasteiger charge is -2.36. The molecular weight excluding hydrogens is 680 g/mol. The third-order valence-corrected chi connectivity index (χ3v) is 10.0. The largest absolute Gasteiger partial charge is 0.465 e. The van der Waals surface area contributed by atoms with E-state index in [-0.39, 0.29) is 24.0 Å². The van der Waals surface area contributed by atoms with Crippen LogP contribution in [0.3, 0.4) is 0 Å². The van der Waals surface area contributed by atoms with Gasteiger partial charge in [0.2, 0.25) is 0 Å². The molecule has 0 saturated carbocycles. The Hall–Kier alpha value is -4.23. The third kappa shape index (κ3) is 6.98. The third-order valence-electron chi connectivity index (χ3n) is 7.87. The average Bonchev–Trinajstić information content (AvgIpc) is 3.53. The molecule has 48 heavy (non-hydrogen) atoms. The Bertz CT molecular complexity index is 2000. The Labute approximate surface area is 270 Å². The molecule has 0 aliphatic heterocycles. The van der Waals surface area contributed by atoms with Crippen LogP contribution >= 0.6 is 15.2 Å². The van der Waals surface area contributed by atoms with Gasteiger partial charge in [0.05, 0.1) is 29.9 Å². The predicted octanol–water partition coefficient (Wildman–Crippen LogP) is 7.17. The zero-order valence-electron chi connectivity index (χ0n) is 25.0. The molecule has 1 atom stereocenters. The molecule has 1 heterocycles. The molecule has 252 valence electrons. The van der Waals surface area contributed by atoms with Crippen molar-refractivity contribution in [1.82, 2.24) is 15.0 Å². The summed E-state index contributed by atoms with van der Waals surface area (Å²) in [5.41, 5.74) is -3.18. The van der Waals surface area contributed by atoms with Crippen molar-refractivity contribution in [2.24, 2.45) is 0 Å². The predicted molar refractivity (Wildman–Crippen MR) is 164 cm³/mol. The summed E-state index contributed by atoms with van der Waals surface area (Å²) >= 11 is 0. The van der Waals surface area contributed by atoms with Crippen molar-refractivity contribution in [2.75, 3.05) is 7.11 Å². The van der Waals surface area contributed by atoms with Crippen molar-refractivity contribution in [3.63, 3.8) is 0 Å². The number of carbonyl (C=O) groups excluding carboxylic acids is 1. The van der Waals surface area contributed by atoms with Crippen LogP contribution < -0.4 is 0 Å². The van der Waals surface area contributed by atoms with E-state index >= 15 is 0 Å². The van der Waals surface area contributed by atoms with Crippen molar-refractivity contribution < 1.29 is 55.7 Å². The highest BCUT2D eigenvalue weighted by Gasteiger charge is 2.50. The van der Waals surface area contributed by atoms with Gasteiger partial charge in [-0.3, -0.25) is 9.13 Å². The first-order valence-corrected chi connectivity index (χ1v) is 17.4. The number of rotatable bonds is 13. The van der Waals surface area contributed by atoms with Gasteiger partial charge in [0.25, 0.3) is 0 Å². The molecule has 5 rings (SSSR count). The zero-order chi connectivity index (χ0) is 34.7. The molecule has 0 aliphatic rings. The number of benzene rings is 4. The van der Waals surface area contributed by atoms with Gasteiger partial charge in [0.1, 0.15) is 5.52 Å². The number of nitrogens with zero attached hydrogens (tertiary/aromatic N) is 3. The summed E-state index contributed by atoms with van der Waals surface area (Å²) in [7, 11) is -9.23. The number of aromatic nitrogens is 3. The maximum Gasteiger partial charge on any atom is 0.399 e. The van der Waals surface area contributed by atoms with Crippen molar-refractivity contribution in [2.45, 2.75) is 30.2 Å².